The average Bonchev–Trinajstić information content (AvgIpc) is 2.62. The second-order valence-corrected chi connectivity index (χ2v) is 6.28. The van der Waals surface area contributed by atoms with E-state index in [1.807, 2.05) is 23.9 Å². The highest BCUT2D eigenvalue weighted by molar-refractivity contribution is 8.00. The first-order valence-electron chi connectivity index (χ1n) is 7.35. The lowest BCUT2D eigenvalue weighted by Crippen LogP contribution is -2.07. The minimum Gasteiger partial charge on any atom is -0.251 e. The lowest BCUT2D eigenvalue weighted by molar-refractivity contribution is 1.34. The number of hydrogen-bond acceptors (Lipinski definition) is 2. The molecule has 106 valence electrons. The van der Waals surface area contributed by atoms with Crippen molar-refractivity contribution in [2.45, 2.75) is 4.90 Å². The minimum atomic E-state index is 0.932. The predicted octanol–water partition coefficient (Wildman–Crippen LogP) is 5.58. The fraction of sp³-hybridized carbons (Fsp3) is 0.0500. The van der Waals surface area contributed by atoms with Gasteiger partial charge in [0.15, 0.2) is 0 Å². The van der Waals surface area contributed by atoms with Crippen molar-refractivity contribution < 1.29 is 0 Å². The molecular weight excluding hydrogens is 286 g/mol. The minimum absolute atomic E-state index is 0.932. The Kier molecular flexibility index (Phi) is 3.53. The van der Waals surface area contributed by atoms with Crippen LogP contribution in [-0.4, -0.2) is 11.5 Å². The van der Waals surface area contributed by atoms with Crippen LogP contribution in [0.4, 0.5) is 5.69 Å². The van der Waals surface area contributed by atoms with Gasteiger partial charge in [-0.2, -0.15) is 0 Å². The lowest BCUT2D eigenvalue weighted by atomic mass is 10.0. The summed E-state index contributed by atoms with van der Waals surface area (Å²) < 4.78 is 0. The van der Waals surface area contributed by atoms with E-state index in [0.29, 0.717) is 0 Å². The van der Waals surface area contributed by atoms with Gasteiger partial charge < -0.3 is 0 Å². The summed E-state index contributed by atoms with van der Waals surface area (Å²) in [4.78, 5) is 6.08. The summed E-state index contributed by atoms with van der Waals surface area (Å²) in [5, 5.41) is 0. The molecule has 1 aliphatic rings. The Morgan fingerprint density at radius 2 is 1.27 bits per heavy atom. The summed E-state index contributed by atoms with van der Waals surface area (Å²) in [5.74, 6) is 0.932. The number of para-hydroxylation sites is 1. The maximum absolute atomic E-state index is 4.81. The van der Waals surface area contributed by atoms with Crippen molar-refractivity contribution in [2.24, 2.45) is 4.99 Å². The van der Waals surface area contributed by atoms with Crippen LogP contribution in [0.25, 0.3) is 11.1 Å². The molecule has 0 atom stereocenters. The predicted molar refractivity (Wildman–Crippen MR) is 95.2 cm³/mol. The van der Waals surface area contributed by atoms with E-state index in [0.717, 1.165) is 17.2 Å². The van der Waals surface area contributed by atoms with E-state index < -0.39 is 0 Å². The lowest BCUT2D eigenvalue weighted by Gasteiger charge is -2.15. The normalized spacial score (nSPS) is 13.4. The zero-order valence-corrected chi connectivity index (χ0v) is 12.9. The molecule has 0 bridgehead atoms. The Morgan fingerprint density at radius 1 is 0.636 bits per heavy atom. The van der Waals surface area contributed by atoms with Crippen LogP contribution < -0.4 is 0 Å². The highest BCUT2D eigenvalue weighted by Gasteiger charge is 2.13. The highest BCUT2D eigenvalue weighted by atomic mass is 32.2. The maximum atomic E-state index is 4.81. The van der Waals surface area contributed by atoms with Crippen LogP contribution in [0.3, 0.4) is 0 Å². The van der Waals surface area contributed by atoms with E-state index in [9.17, 15) is 0 Å². The number of aliphatic imine (C=N–C) groups is 1. The summed E-state index contributed by atoms with van der Waals surface area (Å²) in [6, 6.07) is 27.5. The molecule has 0 unspecified atom stereocenters. The van der Waals surface area contributed by atoms with Crippen LogP contribution in [0.2, 0.25) is 0 Å². The molecule has 0 fully saturated rings. The fourth-order valence-electron chi connectivity index (χ4n) is 2.63. The molecule has 0 aromatic heterocycles. The van der Waals surface area contributed by atoms with E-state index in [4.69, 9.17) is 4.99 Å². The third kappa shape index (κ3) is 2.58. The Hall–Kier alpha value is -2.32. The maximum Gasteiger partial charge on any atom is 0.0769 e. The quantitative estimate of drug-likeness (QED) is 0.602. The topological polar surface area (TPSA) is 12.4 Å². The molecular formula is C20H15NS. The third-order valence-corrected chi connectivity index (χ3v) is 4.88. The van der Waals surface area contributed by atoms with Crippen molar-refractivity contribution >= 4 is 23.2 Å². The standard InChI is InChI=1S/C20H15NS/c1-2-6-15(7-3-1)16-10-12-17(13-11-16)19-14-22-20-9-5-4-8-18(20)21-19/h1-13H,14H2. The molecule has 3 aromatic rings. The van der Waals surface area contributed by atoms with Gasteiger partial charge in [0.1, 0.15) is 0 Å². The number of rotatable bonds is 2. The monoisotopic (exact) mass is 301 g/mol. The summed E-state index contributed by atoms with van der Waals surface area (Å²) >= 11 is 1.86. The molecule has 0 amide bonds. The first-order chi connectivity index (χ1) is 10.9. The Bertz CT molecular complexity index is 820. The van der Waals surface area contributed by atoms with Crippen LogP contribution in [0, 0.1) is 0 Å². The number of hydrogen-bond donors (Lipinski definition) is 0. The van der Waals surface area contributed by atoms with Crippen molar-refractivity contribution in [1.82, 2.24) is 0 Å². The number of nitrogens with zero attached hydrogens (tertiary/aromatic N) is 1. The summed E-state index contributed by atoms with van der Waals surface area (Å²) in [7, 11) is 0. The second kappa shape index (κ2) is 5.82. The van der Waals surface area contributed by atoms with Crippen LogP contribution in [0.1, 0.15) is 5.56 Å². The van der Waals surface area contributed by atoms with Gasteiger partial charge in [-0.15, -0.1) is 11.8 Å². The smallest absolute Gasteiger partial charge is 0.0769 e. The van der Waals surface area contributed by atoms with Gasteiger partial charge in [0, 0.05) is 10.6 Å². The van der Waals surface area contributed by atoms with E-state index in [1.54, 1.807) is 0 Å². The molecule has 0 radical (unpaired) electrons. The molecule has 4 rings (SSSR count). The molecule has 1 nitrogen and oxygen atoms in total. The highest BCUT2D eigenvalue weighted by Crippen LogP contribution is 2.34. The SMILES string of the molecule is c1ccc(-c2ccc(C3=Nc4ccccc4SC3)cc2)cc1. The largest absolute Gasteiger partial charge is 0.251 e. The van der Waals surface area contributed by atoms with Gasteiger partial charge in [-0.25, -0.2) is 0 Å². The zero-order chi connectivity index (χ0) is 14.8. The molecule has 0 saturated heterocycles. The van der Waals surface area contributed by atoms with Crippen molar-refractivity contribution in [3.63, 3.8) is 0 Å². The first kappa shape index (κ1) is 13.4. The van der Waals surface area contributed by atoms with Crippen molar-refractivity contribution in [2.75, 3.05) is 5.75 Å². The van der Waals surface area contributed by atoms with Crippen molar-refractivity contribution in [1.29, 1.82) is 0 Å². The molecule has 3 aromatic carbocycles. The Balaban J connectivity index is 1.66. The van der Waals surface area contributed by atoms with Gasteiger partial charge in [0.2, 0.25) is 0 Å². The third-order valence-electron chi connectivity index (χ3n) is 3.81. The van der Waals surface area contributed by atoms with E-state index in [2.05, 4.69) is 66.7 Å². The molecule has 0 spiro atoms. The van der Waals surface area contributed by atoms with Crippen molar-refractivity contribution in [3.05, 3.63) is 84.4 Å². The van der Waals surface area contributed by atoms with Gasteiger partial charge >= 0.3 is 0 Å². The Labute approximate surface area is 134 Å². The zero-order valence-electron chi connectivity index (χ0n) is 12.1. The number of fused-ring (bicyclic) bond motifs is 1. The van der Waals surface area contributed by atoms with E-state index >= 15 is 0 Å². The number of benzene rings is 3. The van der Waals surface area contributed by atoms with Gasteiger partial charge in [-0.05, 0) is 28.8 Å². The molecule has 0 aliphatic carbocycles. The van der Waals surface area contributed by atoms with Gasteiger partial charge in [0.05, 0.1) is 11.4 Å². The summed E-state index contributed by atoms with van der Waals surface area (Å²) in [6.07, 6.45) is 0. The van der Waals surface area contributed by atoms with E-state index in [-0.39, 0.29) is 0 Å². The number of thioether (sulfide) groups is 1. The first-order valence-corrected chi connectivity index (χ1v) is 8.34. The van der Waals surface area contributed by atoms with Gasteiger partial charge in [0.25, 0.3) is 0 Å². The van der Waals surface area contributed by atoms with Crippen molar-refractivity contribution in [3.8, 4) is 11.1 Å². The summed E-state index contributed by atoms with van der Waals surface area (Å²) in [6.45, 7) is 0. The van der Waals surface area contributed by atoms with Crippen LogP contribution in [0.5, 0.6) is 0 Å². The van der Waals surface area contributed by atoms with Crippen LogP contribution in [-0.2, 0) is 0 Å². The molecule has 0 saturated carbocycles. The van der Waals surface area contributed by atoms with Crippen LogP contribution in [0.15, 0.2) is 88.8 Å². The van der Waals surface area contributed by atoms with Gasteiger partial charge in [-0.3, -0.25) is 4.99 Å². The molecule has 22 heavy (non-hydrogen) atoms. The van der Waals surface area contributed by atoms with Gasteiger partial charge in [-0.1, -0.05) is 66.7 Å². The fourth-order valence-corrected chi connectivity index (χ4v) is 3.59. The van der Waals surface area contributed by atoms with Crippen LogP contribution >= 0.6 is 11.8 Å². The summed E-state index contributed by atoms with van der Waals surface area (Å²) in [5.41, 5.74) is 5.94. The van der Waals surface area contributed by atoms with E-state index in [1.165, 1.54) is 21.6 Å². The average molecular weight is 301 g/mol. The molecule has 2 heteroatoms. The Morgan fingerprint density at radius 3 is 2.09 bits per heavy atom. The molecule has 0 N–H and O–H groups in total. The molecule has 1 heterocycles. The molecule has 1 aliphatic heterocycles. The second-order valence-electron chi connectivity index (χ2n) is 5.26.